The summed E-state index contributed by atoms with van der Waals surface area (Å²) in [5.74, 6) is 0.361. The number of carbonyl (C=O) groups is 1. The minimum absolute atomic E-state index is 0.164. The zero-order valence-electron chi connectivity index (χ0n) is 8.46. The summed E-state index contributed by atoms with van der Waals surface area (Å²) in [5.41, 5.74) is 0.850. The summed E-state index contributed by atoms with van der Waals surface area (Å²) >= 11 is 0. The molecule has 1 aromatic heterocycles. The molecule has 16 heavy (non-hydrogen) atoms. The molecule has 1 fully saturated rings. The van der Waals surface area contributed by atoms with Crippen LogP contribution in [0.15, 0.2) is 36.4 Å². The fourth-order valence-electron chi connectivity index (χ4n) is 1.68. The van der Waals surface area contributed by atoms with Gasteiger partial charge >= 0.3 is 0 Å². The summed E-state index contributed by atoms with van der Waals surface area (Å²) in [6, 6.07) is 11.5. The Hall–Kier alpha value is -1.94. The van der Waals surface area contributed by atoms with Gasteiger partial charge in [0.25, 0.3) is 5.91 Å². The number of hydrogen-bond donors (Lipinski definition) is 0. The zero-order valence-corrected chi connectivity index (χ0v) is 8.46. The van der Waals surface area contributed by atoms with E-state index in [9.17, 15) is 4.79 Å². The topological polar surface area (TPSA) is 42.4 Å². The molecular formula is C12H9N2O2. The Morgan fingerprint density at radius 3 is 2.88 bits per heavy atom. The quantitative estimate of drug-likeness (QED) is 0.724. The van der Waals surface area contributed by atoms with Crippen LogP contribution in [0.1, 0.15) is 0 Å². The van der Waals surface area contributed by atoms with Crippen molar-refractivity contribution in [1.82, 2.24) is 4.98 Å². The number of hydrogen-bond acceptors (Lipinski definition) is 3. The molecule has 0 bridgehead atoms. The Balaban J connectivity index is 2.08. The zero-order chi connectivity index (χ0) is 11.0. The molecule has 0 atom stereocenters. The van der Waals surface area contributed by atoms with E-state index in [2.05, 4.69) is 4.98 Å². The Kier molecular flexibility index (Phi) is 2.08. The monoisotopic (exact) mass is 213 g/mol. The maximum absolute atomic E-state index is 11.4. The third kappa shape index (κ3) is 1.44. The van der Waals surface area contributed by atoms with E-state index in [1.54, 1.807) is 6.07 Å². The van der Waals surface area contributed by atoms with E-state index in [-0.39, 0.29) is 5.91 Å². The van der Waals surface area contributed by atoms with E-state index in [0.29, 0.717) is 12.4 Å². The van der Waals surface area contributed by atoms with Gasteiger partial charge in [0.05, 0.1) is 18.5 Å². The molecular weight excluding hydrogens is 204 g/mol. The Labute approximate surface area is 92.4 Å². The first kappa shape index (κ1) is 9.30. The molecule has 1 aliphatic rings. The van der Waals surface area contributed by atoms with Crippen LogP contribution in [-0.4, -0.2) is 17.5 Å². The lowest BCUT2D eigenvalue weighted by Gasteiger charge is -2.12. The summed E-state index contributed by atoms with van der Waals surface area (Å²) < 4.78 is 0. The van der Waals surface area contributed by atoms with Gasteiger partial charge in [-0.05, 0) is 18.2 Å². The lowest BCUT2D eigenvalue weighted by atomic mass is 10.2. The van der Waals surface area contributed by atoms with Gasteiger partial charge in [0.2, 0.25) is 0 Å². The standard InChI is InChI=1S/C12H9N2O2/c15-12-7-8-16-14(12)11-6-5-9-3-1-2-4-10(9)13-11/h1-7H,8H2. The summed E-state index contributed by atoms with van der Waals surface area (Å²) in [6.45, 7) is 0.313. The number of para-hydroxylation sites is 1. The molecule has 1 aliphatic heterocycles. The predicted molar refractivity (Wildman–Crippen MR) is 59.5 cm³/mol. The van der Waals surface area contributed by atoms with Gasteiger partial charge in [-0.1, -0.05) is 18.2 Å². The van der Waals surface area contributed by atoms with Crippen LogP contribution in [0.4, 0.5) is 5.82 Å². The molecule has 79 valence electrons. The van der Waals surface area contributed by atoms with Gasteiger partial charge in [-0.15, -0.1) is 0 Å². The van der Waals surface area contributed by atoms with Gasteiger partial charge in [0, 0.05) is 5.39 Å². The molecule has 0 unspecified atom stereocenters. The van der Waals surface area contributed by atoms with Gasteiger partial charge in [-0.3, -0.25) is 9.63 Å². The second-order valence-electron chi connectivity index (χ2n) is 3.49. The van der Waals surface area contributed by atoms with Gasteiger partial charge in [-0.25, -0.2) is 4.98 Å². The van der Waals surface area contributed by atoms with Crippen LogP contribution in [-0.2, 0) is 9.63 Å². The van der Waals surface area contributed by atoms with Crippen molar-refractivity contribution < 1.29 is 9.63 Å². The number of benzene rings is 1. The third-order valence-electron chi connectivity index (χ3n) is 2.45. The molecule has 0 spiro atoms. The third-order valence-corrected chi connectivity index (χ3v) is 2.45. The highest BCUT2D eigenvalue weighted by Crippen LogP contribution is 2.20. The molecule has 0 saturated carbocycles. The van der Waals surface area contributed by atoms with Crippen molar-refractivity contribution in [3.8, 4) is 0 Å². The van der Waals surface area contributed by atoms with Crippen LogP contribution in [0, 0.1) is 6.42 Å². The number of hydroxylamine groups is 1. The molecule has 1 saturated heterocycles. The Morgan fingerprint density at radius 1 is 1.19 bits per heavy atom. The average Bonchev–Trinajstić information content (AvgIpc) is 2.75. The van der Waals surface area contributed by atoms with Crippen molar-refractivity contribution >= 4 is 22.6 Å². The number of anilines is 1. The average molecular weight is 213 g/mol. The van der Waals surface area contributed by atoms with Crippen LogP contribution in [0.3, 0.4) is 0 Å². The number of aromatic nitrogens is 1. The predicted octanol–water partition coefficient (Wildman–Crippen LogP) is 1.72. The molecule has 2 heterocycles. The smallest absolute Gasteiger partial charge is 0.258 e. The number of nitrogens with zero attached hydrogens (tertiary/aromatic N) is 2. The maximum Gasteiger partial charge on any atom is 0.258 e. The molecule has 1 radical (unpaired) electrons. The van der Waals surface area contributed by atoms with E-state index >= 15 is 0 Å². The van der Waals surface area contributed by atoms with Gasteiger partial charge in [-0.2, -0.15) is 5.06 Å². The number of amides is 1. The highest BCUT2D eigenvalue weighted by molar-refractivity contribution is 5.99. The second-order valence-corrected chi connectivity index (χ2v) is 3.49. The minimum atomic E-state index is -0.164. The number of fused-ring (bicyclic) bond motifs is 1. The molecule has 4 nitrogen and oxygen atoms in total. The van der Waals surface area contributed by atoms with E-state index in [1.807, 2.05) is 30.3 Å². The summed E-state index contributed by atoms with van der Waals surface area (Å²) in [6.07, 6.45) is 1.48. The molecule has 0 N–H and O–H groups in total. The lowest BCUT2D eigenvalue weighted by Crippen LogP contribution is -2.23. The summed E-state index contributed by atoms with van der Waals surface area (Å²) in [5, 5.41) is 2.26. The van der Waals surface area contributed by atoms with Crippen LogP contribution in [0.5, 0.6) is 0 Å². The molecule has 1 aromatic carbocycles. The van der Waals surface area contributed by atoms with Crippen LogP contribution in [0.2, 0.25) is 0 Å². The summed E-state index contributed by atoms with van der Waals surface area (Å²) in [4.78, 5) is 20.9. The maximum atomic E-state index is 11.4. The van der Waals surface area contributed by atoms with Gasteiger partial charge in [0.15, 0.2) is 5.82 Å². The SMILES string of the molecule is O=C1[CH]CON1c1ccc2ccccc2n1. The van der Waals surface area contributed by atoms with Crippen LogP contribution >= 0.6 is 0 Å². The molecule has 4 heteroatoms. The van der Waals surface area contributed by atoms with Crippen molar-refractivity contribution in [2.75, 3.05) is 11.7 Å². The van der Waals surface area contributed by atoms with E-state index in [1.165, 1.54) is 11.5 Å². The second kappa shape index (κ2) is 3.57. The van der Waals surface area contributed by atoms with E-state index in [0.717, 1.165) is 10.9 Å². The Bertz CT molecular complexity index is 553. The summed E-state index contributed by atoms with van der Waals surface area (Å²) in [7, 11) is 0. The number of carbonyl (C=O) groups excluding carboxylic acids is 1. The van der Waals surface area contributed by atoms with E-state index < -0.39 is 0 Å². The first-order chi connectivity index (χ1) is 7.84. The molecule has 0 aliphatic carbocycles. The van der Waals surface area contributed by atoms with Crippen molar-refractivity contribution in [1.29, 1.82) is 0 Å². The highest BCUT2D eigenvalue weighted by atomic mass is 16.7. The van der Waals surface area contributed by atoms with Gasteiger partial charge in [0.1, 0.15) is 0 Å². The molecule has 2 aromatic rings. The van der Waals surface area contributed by atoms with Crippen LogP contribution in [0.25, 0.3) is 10.9 Å². The highest BCUT2D eigenvalue weighted by Gasteiger charge is 2.24. The fraction of sp³-hybridized carbons (Fsp3) is 0.0833. The van der Waals surface area contributed by atoms with E-state index in [4.69, 9.17) is 4.84 Å². The largest absolute Gasteiger partial charge is 0.272 e. The minimum Gasteiger partial charge on any atom is -0.272 e. The van der Waals surface area contributed by atoms with Crippen LogP contribution < -0.4 is 5.06 Å². The molecule has 1 amide bonds. The van der Waals surface area contributed by atoms with Crippen molar-refractivity contribution in [3.63, 3.8) is 0 Å². The first-order valence-corrected chi connectivity index (χ1v) is 5.00. The van der Waals surface area contributed by atoms with Crippen molar-refractivity contribution in [3.05, 3.63) is 42.8 Å². The first-order valence-electron chi connectivity index (χ1n) is 5.00. The fourth-order valence-corrected chi connectivity index (χ4v) is 1.68. The number of pyridine rings is 1. The van der Waals surface area contributed by atoms with Crippen molar-refractivity contribution in [2.45, 2.75) is 0 Å². The lowest BCUT2D eigenvalue weighted by molar-refractivity contribution is -0.117. The van der Waals surface area contributed by atoms with Crippen molar-refractivity contribution in [2.24, 2.45) is 0 Å². The van der Waals surface area contributed by atoms with Gasteiger partial charge < -0.3 is 0 Å². The molecule has 3 rings (SSSR count). The number of rotatable bonds is 1. The normalized spacial score (nSPS) is 16.0. The Morgan fingerprint density at radius 2 is 2.06 bits per heavy atom.